The Morgan fingerprint density at radius 2 is 1.04 bits per heavy atom. The van der Waals surface area contributed by atoms with Gasteiger partial charge >= 0.3 is 17.9 Å². The highest BCUT2D eigenvalue weighted by Crippen LogP contribution is 2.72. The van der Waals surface area contributed by atoms with Gasteiger partial charge in [0, 0.05) is 19.3 Å². The zero-order valence-corrected chi connectivity index (χ0v) is 33.7. The van der Waals surface area contributed by atoms with E-state index in [-0.39, 0.29) is 24.0 Å². The Hall–Kier alpha value is -1.63. The van der Waals surface area contributed by atoms with E-state index in [1.165, 1.54) is 64.2 Å². The van der Waals surface area contributed by atoms with E-state index in [2.05, 4.69) is 18.7 Å². The molecule has 5 atom stereocenters. The van der Waals surface area contributed by atoms with Gasteiger partial charge in [-0.2, -0.15) is 0 Å². The first-order valence-corrected chi connectivity index (χ1v) is 22.0. The molecule has 296 valence electrons. The Morgan fingerprint density at radius 3 is 1.59 bits per heavy atom. The van der Waals surface area contributed by atoms with Crippen LogP contribution in [0.2, 0.25) is 0 Å². The average molecular weight is 718 g/mol. The molecule has 0 amide bonds. The van der Waals surface area contributed by atoms with Crippen LogP contribution in [0, 0.1) is 35.5 Å². The van der Waals surface area contributed by atoms with E-state index < -0.39 is 0 Å². The molecule has 0 N–H and O–H groups in total. The number of esters is 3. The van der Waals surface area contributed by atoms with Gasteiger partial charge in [-0.25, -0.2) is 0 Å². The molecule has 0 aromatic rings. The summed E-state index contributed by atoms with van der Waals surface area (Å²) in [5.41, 5.74) is 0. The molecule has 3 aliphatic carbocycles. The van der Waals surface area contributed by atoms with Gasteiger partial charge in [0.05, 0.1) is 13.2 Å². The Bertz CT molecular complexity index is 928. The van der Waals surface area contributed by atoms with E-state index in [1.54, 1.807) is 0 Å². The van der Waals surface area contributed by atoms with Gasteiger partial charge in [-0.1, -0.05) is 104 Å². The van der Waals surface area contributed by atoms with Gasteiger partial charge in [0.15, 0.2) is 0 Å². The maximum Gasteiger partial charge on any atom is 0.306 e. The molecule has 3 saturated carbocycles. The molecule has 3 rings (SSSR count). The first kappa shape index (κ1) is 43.8. The third kappa shape index (κ3) is 19.3. The monoisotopic (exact) mass is 718 g/mol. The van der Waals surface area contributed by atoms with Crippen LogP contribution in [0.4, 0.5) is 0 Å². The van der Waals surface area contributed by atoms with Crippen LogP contribution in [0.25, 0.3) is 0 Å². The Kier molecular flexibility index (Phi) is 22.5. The van der Waals surface area contributed by atoms with Crippen LogP contribution >= 0.6 is 0 Å². The number of rotatable bonds is 34. The summed E-state index contributed by atoms with van der Waals surface area (Å²) in [4.78, 5) is 39.3. The van der Waals surface area contributed by atoms with E-state index in [4.69, 9.17) is 14.2 Å². The predicted octanol–water partition coefficient (Wildman–Crippen LogP) is 10.9. The number of hydrogen-bond donors (Lipinski definition) is 0. The van der Waals surface area contributed by atoms with Crippen molar-refractivity contribution >= 4 is 17.9 Å². The molecule has 0 radical (unpaired) electrons. The highest BCUT2D eigenvalue weighted by atomic mass is 16.5. The molecule has 5 unspecified atom stereocenters. The summed E-state index contributed by atoms with van der Waals surface area (Å²) in [6.07, 6.45) is 28.6. The van der Waals surface area contributed by atoms with Crippen molar-refractivity contribution in [3.8, 4) is 0 Å². The molecule has 7 nitrogen and oxygen atoms in total. The van der Waals surface area contributed by atoms with Crippen molar-refractivity contribution in [1.29, 1.82) is 0 Å². The zero-order valence-electron chi connectivity index (χ0n) is 33.7. The smallest absolute Gasteiger partial charge is 0.306 e. The van der Waals surface area contributed by atoms with Gasteiger partial charge in [0.1, 0.15) is 6.10 Å². The summed E-state index contributed by atoms with van der Waals surface area (Å²) >= 11 is 0. The summed E-state index contributed by atoms with van der Waals surface area (Å²) in [7, 11) is 4.06. The molecule has 0 heterocycles. The van der Waals surface area contributed by atoms with E-state index >= 15 is 0 Å². The predicted molar refractivity (Wildman–Crippen MR) is 207 cm³/mol. The van der Waals surface area contributed by atoms with Gasteiger partial charge < -0.3 is 19.1 Å². The third-order valence-electron chi connectivity index (χ3n) is 12.2. The lowest BCUT2D eigenvalue weighted by Crippen LogP contribution is -2.20. The van der Waals surface area contributed by atoms with Crippen molar-refractivity contribution in [1.82, 2.24) is 4.90 Å². The summed E-state index contributed by atoms with van der Waals surface area (Å²) in [6.45, 7) is 6.65. The Morgan fingerprint density at radius 1 is 0.549 bits per heavy atom. The number of carbonyl (C=O) groups excluding carboxylic acids is 3. The maximum atomic E-state index is 12.6. The van der Waals surface area contributed by atoms with Crippen molar-refractivity contribution in [2.45, 2.75) is 193 Å². The Labute approximate surface area is 313 Å². The van der Waals surface area contributed by atoms with Crippen LogP contribution in [0.1, 0.15) is 187 Å². The average Bonchev–Trinajstić information content (AvgIpc) is 4.03. The Balaban J connectivity index is 1.20. The van der Waals surface area contributed by atoms with Crippen LogP contribution in [0.15, 0.2) is 0 Å². The summed E-state index contributed by atoms with van der Waals surface area (Å²) in [5.74, 6) is 4.95. The minimum atomic E-state index is -0.0702. The van der Waals surface area contributed by atoms with Crippen LogP contribution < -0.4 is 0 Å². The molecule has 0 aromatic heterocycles. The van der Waals surface area contributed by atoms with E-state index in [9.17, 15) is 14.4 Å². The van der Waals surface area contributed by atoms with Gasteiger partial charge in [0.25, 0.3) is 0 Å². The summed E-state index contributed by atoms with van der Waals surface area (Å²) in [6, 6.07) is 0. The summed E-state index contributed by atoms with van der Waals surface area (Å²) in [5, 5.41) is 0. The lowest BCUT2D eigenvalue weighted by molar-refractivity contribution is -0.150. The van der Waals surface area contributed by atoms with Gasteiger partial charge in [0.2, 0.25) is 0 Å². The minimum Gasteiger partial charge on any atom is -0.466 e. The first-order chi connectivity index (χ1) is 24.8. The van der Waals surface area contributed by atoms with Crippen molar-refractivity contribution in [3.63, 3.8) is 0 Å². The molecular weight excluding hydrogens is 638 g/mol. The van der Waals surface area contributed by atoms with Crippen LogP contribution in [-0.4, -0.2) is 62.8 Å². The van der Waals surface area contributed by atoms with Crippen LogP contribution in [0.5, 0.6) is 0 Å². The van der Waals surface area contributed by atoms with Gasteiger partial charge in [-0.3, -0.25) is 14.4 Å². The highest BCUT2D eigenvalue weighted by Gasteiger charge is 2.67. The number of nitrogens with zero attached hydrogens (tertiary/aromatic N) is 1. The summed E-state index contributed by atoms with van der Waals surface area (Å²) < 4.78 is 17.3. The van der Waals surface area contributed by atoms with Gasteiger partial charge in [-0.05, 0) is 120 Å². The second kappa shape index (κ2) is 26.2. The fourth-order valence-corrected chi connectivity index (χ4v) is 8.87. The zero-order chi connectivity index (χ0) is 36.7. The van der Waals surface area contributed by atoms with Crippen LogP contribution in [-0.2, 0) is 28.6 Å². The molecule has 0 spiro atoms. The topological polar surface area (TPSA) is 82.1 Å². The molecule has 3 fully saturated rings. The molecular formula is C44H79NO6. The van der Waals surface area contributed by atoms with Crippen molar-refractivity contribution in [3.05, 3.63) is 0 Å². The second-order valence-electron chi connectivity index (χ2n) is 17.0. The maximum absolute atomic E-state index is 12.6. The molecule has 51 heavy (non-hydrogen) atoms. The standard InChI is InChI=1S/C44H79NO6/c1-5-7-15-22-35(23-16-8-6-2)29-31-49-42(46)26-19-13-9-11-17-24-36(51-44(48)28-21-30-45(3)4)25-18-12-10-14-20-27-43(47)50-34-41-39-32-37(39)38-33-40(38)41/h35-41H,5-34H2,1-4H3. The molecule has 0 aliphatic heterocycles. The molecule has 0 bridgehead atoms. The second-order valence-corrected chi connectivity index (χ2v) is 17.0. The number of carbonyl (C=O) groups is 3. The molecule has 3 aliphatic rings. The quantitative estimate of drug-likeness (QED) is 0.0372. The number of ether oxygens (including phenoxy) is 3. The number of fused-ring (bicyclic) bond motifs is 3. The normalized spacial score (nSPS) is 22.1. The fraction of sp³-hybridized carbons (Fsp3) is 0.932. The molecule has 0 aromatic carbocycles. The largest absolute Gasteiger partial charge is 0.466 e. The van der Waals surface area contributed by atoms with E-state index in [0.29, 0.717) is 44.3 Å². The van der Waals surface area contributed by atoms with Gasteiger partial charge in [-0.15, -0.1) is 0 Å². The molecule has 7 heteroatoms. The van der Waals surface area contributed by atoms with Crippen molar-refractivity contribution < 1.29 is 28.6 Å². The fourth-order valence-electron chi connectivity index (χ4n) is 8.87. The highest BCUT2D eigenvalue weighted by molar-refractivity contribution is 5.70. The lowest BCUT2D eigenvalue weighted by Gasteiger charge is -2.18. The van der Waals surface area contributed by atoms with Crippen LogP contribution in [0.3, 0.4) is 0 Å². The van der Waals surface area contributed by atoms with Crippen molar-refractivity contribution in [2.24, 2.45) is 35.5 Å². The number of unbranched alkanes of at least 4 members (excludes halogenated alkanes) is 12. The minimum absolute atomic E-state index is 0.00726. The van der Waals surface area contributed by atoms with Crippen molar-refractivity contribution in [2.75, 3.05) is 33.9 Å². The van der Waals surface area contributed by atoms with E-state index in [0.717, 1.165) is 120 Å². The third-order valence-corrected chi connectivity index (χ3v) is 12.2. The first-order valence-electron chi connectivity index (χ1n) is 22.0. The molecule has 0 saturated heterocycles. The van der Waals surface area contributed by atoms with E-state index in [1.807, 2.05) is 14.1 Å². The number of hydrogen-bond acceptors (Lipinski definition) is 7. The lowest BCUT2D eigenvalue weighted by atomic mass is 9.92. The SMILES string of the molecule is CCCCCC(CCCCC)CCOC(=O)CCCCCCCC(CCCCCCCC(=O)OCC1C2CC2C2CC12)OC(=O)CCCN(C)C.